The summed E-state index contributed by atoms with van der Waals surface area (Å²) in [4.78, 5) is 20.0. The van der Waals surface area contributed by atoms with E-state index in [0.29, 0.717) is 19.1 Å². The minimum atomic E-state index is -5.08. The van der Waals surface area contributed by atoms with E-state index in [0.717, 1.165) is 36.5 Å². The minimum absolute atomic E-state index is 0.0269. The van der Waals surface area contributed by atoms with Gasteiger partial charge in [0.2, 0.25) is 0 Å². The Balaban J connectivity index is 0.000000553. The molecule has 0 aliphatic carbocycles. The molecule has 0 unspecified atom stereocenters. The van der Waals surface area contributed by atoms with E-state index >= 15 is 0 Å². The molecule has 1 amide bonds. The number of carboxylic acid groups (broad SMARTS) is 1. The van der Waals surface area contributed by atoms with Gasteiger partial charge in [0.1, 0.15) is 0 Å². The summed E-state index contributed by atoms with van der Waals surface area (Å²) in [7, 11) is 1.35. The fourth-order valence-electron chi connectivity index (χ4n) is 2.95. The summed E-state index contributed by atoms with van der Waals surface area (Å²) in [5.74, 6) is -2.36. The molecule has 1 heterocycles. The van der Waals surface area contributed by atoms with Crippen molar-refractivity contribution in [2.45, 2.75) is 32.0 Å². The summed E-state index contributed by atoms with van der Waals surface area (Å²) in [5.41, 5.74) is 2.30. The summed E-state index contributed by atoms with van der Waals surface area (Å²) in [6.07, 6.45) is -3.29. The lowest BCUT2D eigenvalue weighted by Gasteiger charge is -2.32. The Kier molecular flexibility index (Phi) is 10.9. The van der Waals surface area contributed by atoms with Crippen LogP contribution in [-0.4, -0.2) is 56.7 Å². The number of hydrogen-bond donors (Lipinski definition) is 3. The molecule has 2 atom stereocenters. The number of piperidine rings is 1. The molecule has 1 fully saturated rings. The second-order valence-corrected chi connectivity index (χ2v) is 7.06. The zero-order valence-corrected chi connectivity index (χ0v) is 17.5. The maximum atomic E-state index is 11.1. The van der Waals surface area contributed by atoms with Gasteiger partial charge in [-0.05, 0) is 49.6 Å². The van der Waals surface area contributed by atoms with Crippen molar-refractivity contribution in [2.24, 2.45) is 5.92 Å². The first-order valence-corrected chi connectivity index (χ1v) is 9.64. The highest BCUT2D eigenvalue weighted by Gasteiger charge is 2.38. The molecule has 1 aromatic rings. The van der Waals surface area contributed by atoms with Gasteiger partial charge in [0, 0.05) is 24.0 Å². The van der Waals surface area contributed by atoms with Crippen molar-refractivity contribution in [1.82, 2.24) is 10.6 Å². The topological polar surface area (TPSA) is 96.9 Å². The van der Waals surface area contributed by atoms with E-state index in [1.54, 1.807) is 0 Å². The van der Waals surface area contributed by atoms with Gasteiger partial charge < -0.3 is 25.2 Å². The number of rotatable bonds is 6. The van der Waals surface area contributed by atoms with E-state index in [2.05, 4.69) is 22.3 Å². The third-order valence-electron chi connectivity index (χ3n) is 4.41. The number of alkyl halides is 3. The van der Waals surface area contributed by atoms with Crippen LogP contribution < -0.4 is 10.6 Å². The van der Waals surface area contributed by atoms with E-state index in [4.69, 9.17) is 26.2 Å². The number of carbonyl (C=O) groups excluding carboxylic acids is 1. The van der Waals surface area contributed by atoms with Crippen LogP contribution in [0.2, 0.25) is 5.02 Å². The van der Waals surface area contributed by atoms with Crippen LogP contribution in [-0.2, 0) is 14.3 Å². The Morgan fingerprint density at radius 3 is 2.60 bits per heavy atom. The lowest BCUT2D eigenvalue weighted by molar-refractivity contribution is -0.192. The maximum absolute atomic E-state index is 11.1. The minimum Gasteiger partial charge on any atom is -0.475 e. The van der Waals surface area contributed by atoms with Gasteiger partial charge in [-0.2, -0.15) is 13.2 Å². The van der Waals surface area contributed by atoms with Crippen molar-refractivity contribution in [2.75, 3.05) is 33.4 Å². The van der Waals surface area contributed by atoms with Gasteiger partial charge >= 0.3 is 18.2 Å². The maximum Gasteiger partial charge on any atom is 0.490 e. The van der Waals surface area contributed by atoms with E-state index < -0.39 is 18.2 Å². The molecule has 11 heteroatoms. The second-order valence-electron chi connectivity index (χ2n) is 6.62. The SMILES string of the molecule is COC(=O)NCCO[C@@H](c1cc(Cl)ccc1C)[C@@H]1CCCNC1.O=C(O)C(F)(F)F. The van der Waals surface area contributed by atoms with Crippen LogP contribution in [0.15, 0.2) is 18.2 Å². The zero-order valence-electron chi connectivity index (χ0n) is 16.7. The number of aliphatic carboxylic acids is 1. The largest absolute Gasteiger partial charge is 0.490 e. The Hall–Kier alpha value is -2.04. The van der Waals surface area contributed by atoms with Gasteiger partial charge in [-0.1, -0.05) is 17.7 Å². The second kappa shape index (κ2) is 12.6. The number of carbonyl (C=O) groups is 2. The molecule has 170 valence electrons. The van der Waals surface area contributed by atoms with Gasteiger partial charge in [0.05, 0.1) is 19.8 Å². The summed E-state index contributed by atoms with van der Waals surface area (Å²) in [6, 6.07) is 5.91. The predicted molar refractivity (Wildman–Crippen MR) is 105 cm³/mol. The number of amides is 1. The van der Waals surface area contributed by atoms with E-state index in [1.165, 1.54) is 12.7 Å². The first-order valence-electron chi connectivity index (χ1n) is 9.26. The fraction of sp³-hybridized carbons (Fsp3) is 0.579. The van der Waals surface area contributed by atoms with Crippen molar-refractivity contribution in [3.05, 3.63) is 34.3 Å². The number of benzene rings is 1. The molecular formula is C19H26ClF3N2O5. The lowest BCUT2D eigenvalue weighted by atomic mass is 9.87. The number of alkyl carbamates (subject to hydrolysis) is 1. The molecule has 0 spiro atoms. The summed E-state index contributed by atoms with van der Waals surface area (Å²) in [6.45, 7) is 4.92. The Morgan fingerprint density at radius 2 is 2.07 bits per heavy atom. The fourth-order valence-corrected chi connectivity index (χ4v) is 3.13. The van der Waals surface area contributed by atoms with E-state index in [-0.39, 0.29) is 6.10 Å². The first-order chi connectivity index (χ1) is 14.1. The summed E-state index contributed by atoms with van der Waals surface area (Å²) >= 11 is 6.18. The Labute approximate surface area is 177 Å². The molecule has 0 aromatic heterocycles. The smallest absolute Gasteiger partial charge is 0.475 e. The quantitative estimate of drug-likeness (QED) is 0.567. The van der Waals surface area contributed by atoms with Crippen LogP contribution in [0.1, 0.15) is 30.1 Å². The number of carboxylic acids is 1. The van der Waals surface area contributed by atoms with Crippen LogP contribution in [0.3, 0.4) is 0 Å². The van der Waals surface area contributed by atoms with Crippen molar-refractivity contribution >= 4 is 23.7 Å². The third-order valence-corrected chi connectivity index (χ3v) is 4.64. The molecule has 1 aromatic carbocycles. The van der Waals surface area contributed by atoms with Gasteiger partial charge in [-0.15, -0.1) is 0 Å². The number of halogens is 4. The molecule has 0 bridgehead atoms. The van der Waals surface area contributed by atoms with E-state index in [9.17, 15) is 18.0 Å². The van der Waals surface area contributed by atoms with Crippen LogP contribution in [0, 0.1) is 12.8 Å². The zero-order chi connectivity index (χ0) is 22.7. The van der Waals surface area contributed by atoms with Crippen molar-refractivity contribution in [3.63, 3.8) is 0 Å². The highest BCUT2D eigenvalue weighted by Crippen LogP contribution is 2.33. The van der Waals surface area contributed by atoms with Gasteiger partial charge in [-0.3, -0.25) is 0 Å². The first kappa shape index (κ1) is 26.0. The molecule has 2 rings (SSSR count). The van der Waals surface area contributed by atoms with Crippen LogP contribution in [0.4, 0.5) is 18.0 Å². The van der Waals surface area contributed by atoms with Gasteiger partial charge in [-0.25, -0.2) is 9.59 Å². The average molecular weight is 455 g/mol. The molecule has 3 N–H and O–H groups in total. The average Bonchev–Trinajstić information content (AvgIpc) is 2.70. The predicted octanol–water partition coefficient (Wildman–Crippen LogP) is 3.70. The number of hydrogen-bond acceptors (Lipinski definition) is 5. The van der Waals surface area contributed by atoms with Crippen molar-refractivity contribution in [1.29, 1.82) is 0 Å². The van der Waals surface area contributed by atoms with Crippen LogP contribution in [0.5, 0.6) is 0 Å². The van der Waals surface area contributed by atoms with Crippen LogP contribution >= 0.6 is 11.6 Å². The molecule has 1 saturated heterocycles. The standard InChI is InChI=1S/C17H25ClN2O3.C2HF3O2/c1-12-5-6-14(18)10-15(12)16(13-4-3-7-19-11-13)23-9-8-20-17(21)22-2;3-2(4,5)1(6)7/h5-6,10,13,16,19H,3-4,7-9,11H2,1-2H3,(H,20,21);(H,6,7)/t13-,16-;/m1./s1. The molecule has 0 radical (unpaired) electrons. The lowest BCUT2D eigenvalue weighted by Crippen LogP contribution is -2.35. The third kappa shape index (κ3) is 9.19. The number of nitrogens with one attached hydrogen (secondary N) is 2. The van der Waals surface area contributed by atoms with E-state index in [1.807, 2.05) is 18.2 Å². The van der Waals surface area contributed by atoms with Crippen molar-refractivity contribution in [3.8, 4) is 0 Å². The van der Waals surface area contributed by atoms with Crippen LogP contribution in [0.25, 0.3) is 0 Å². The molecule has 30 heavy (non-hydrogen) atoms. The molecule has 7 nitrogen and oxygen atoms in total. The highest BCUT2D eigenvalue weighted by atomic mass is 35.5. The molecular weight excluding hydrogens is 429 g/mol. The number of methoxy groups -OCH3 is 1. The monoisotopic (exact) mass is 454 g/mol. The summed E-state index contributed by atoms with van der Waals surface area (Å²) in [5, 5.41) is 13.9. The Bertz CT molecular complexity index is 697. The summed E-state index contributed by atoms with van der Waals surface area (Å²) < 4.78 is 42.4. The number of aryl methyl sites for hydroxylation is 1. The number of ether oxygens (including phenoxy) is 2. The molecule has 1 aliphatic heterocycles. The van der Waals surface area contributed by atoms with Gasteiger partial charge in [0.15, 0.2) is 0 Å². The van der Waals surface area contributed by atoms with Gasteiger partial charge in [0.25, 0.3) is 0 Å². The Morgan fingerprint density at radius 1 is 1.40 bits per heavy atom. The molecule has 1 aliphatic rings. The molecule has 0 saturated carbocycles. The van der Waals surface area contributed by atoms with Crippen molar-refractivity contribution < 1.29 is 37.3 Å². The normalized spacial score (nSPS) is 17.3. The highest BCUT2D eigenvalue weighted by molar-refractivity contribution is 6.30.